The van der Waals surface area contributed by atoms with Crippen molar-refractivity contribution in [2.24, 2.45) is 5.92 Å². The first kappa shape index (κ1) is 18.9. The average Bonchev–Trinajstić information content (AvgIpc) is 3.42. The van der Waals surface area contributed by atoms with Crippen molar-refractivity contribution in [3.8, 4) is 0 Å². The molecule has 2 amide bonds. The standard InChI is InChI=1S/C21H26N4O2S/c1-13(2)20(27)23-21-22-15(12-28-21)11-18(26)25-10-9-24(16-7-8-16)19-14(3)5-4-6-17(19)25/h4-6,12-13,16H,7-11H2,1-3H3,(H,22,23,27). The number of thiazole rings is 1. The molecule has 0 bridgehead atoms. The van der Waals surface area contributed by atoms with Gasteiger partial charge in [0.05, 0.1) is 23.5 Å². The van der Waals surface area contributed by atoms with E-state index in [0.717, 1.165) is 12.2 Å². The Kier molecular flexibility index (Phi) is 5.10. The predicted molar refractivity (Wildman–Crippen MR) is 113 cm³/mol. The lowest BCUT2D eigenvalue weighted by atomic mass is 10.1. The van der Waals surface area contributed by atoms with Gasteiger partial charge in [0.1, 0.15) is 0 Å². The molecular weight excluding hydrogens is 372 g/mol. The number of benzene rings is 1. The summed E-state index contributed by atoms with van der Waals surface area (Å²) in [5.74, 6) is -0.112. The van der Waals surface area contributed by atoms with Crippen molar-refractivity contribution in [2.45, 2.75) is 46.1 Å². The van der Waals surface area contributed by atoms with E-state index in [0.29, 0.717) is 23.4 Å². The number of carbonyl (C=O) groups excluding carboxylic acids is 2. The number of aryl methyl sites for hydroxylation is 1. The monoisotopic (exact) mass is 398 g/mol. The number of fused-ring (bicyclic) bond motifs is 1. The fraction of sp³-hybridized carbons (Fsp3) is 0.476. The molecule has 2 aliphatic rings. The van der Waals surface area contributed by atoms with Gasteiger partial charge in [0.2, 0.25) is 11.8 Å². The summed E-state index contributed by atoms with van der Waals surface area (Å²) >= 11 is 1.36. The van der Waals surface area contributed by atoms with Crippen LogP contribution in [0.1, 0.15) is 37.9 Å². The van der Waals surface area contributed by atoms with Gasteiger partial charge in [0.15, 0.2) is 5.13 Å². The van der Waals surface area contributed by atoms with Crippen LogP contribution in [0.4, 0.5) is 16.5 Å². The molecule has 0 atom stereocenters. The number of nitrogens with one attached hydrogen (secondary N) is 1. The Bertz CT molecular complexity index is 904. The molecule has 148 valence electrons. The number of nitrogens with zero attached hydrogens (tertiary/aromatic N) is 3. The second-order valence-electron chi connectivity index (χ2n) is 7.88. The van der Waals surface area contributed by atoms with E-state index in [4.69, 9.17) is 0 Å². The fourth-order valence-corrected chi connectivity index (χ4v) is 4.34. The van der Waals surface area contributed by atoms with Crippen molar-refractivity contribution in [3.63, 3.8) is 0 Å². The molecule has 1 fully saturated rings. The molecule has 2 aromatic rings. The van der Waals surface area contributed by atoms with Crippen LogP contribution < -0.4 is 15.1 Å². The van der Waals surface area contributed by atoms with Crippen LogP contribution in [0.5, 0.6) is 0 Å². The van der Waals surface area contributed by atoms with Crippen molar-refractivity contribution in [1.29, 1.82) is 0 Å². The van der Waals surface area contributed by atoms with Crippen LogP contribution in [-0.2, 0) is 16.0 Å². The normalized spacial score (nSPS) is 16.3. The van der Waals surface area contributed by atoms with E-state index in [1.807, 2.05) is 36.3 Å². The van der Waals surface area contributed by atoms with Crippen molar-refractivity contribution in [3.05, 3.63) is 34.8 Å². The van der Waals surface area contributed by atoms with E-state index in [1.54, 1.807) is 0 Å². The number of carbonyl (C=O) groups is 2. The summed E-state index contributed by atoms with van der Waals surface area (Å²) in [5.41, 5.74) is 4.13. The number of amides is 2. The van der Waals surface area contributed by atoms with E-state index in [2.05, 4.69) is 28.2 Å². The van der Waals surface area contributed by atoms with E-state index in [9.17, 15) is 9.59 Å². The molecule has 1 aromatic carbocycles. The third-order valence-electron chi connectivity index (χ3n) is 5.29. The third-order valence-corrected chi connectivity index (χ3v) is 6.09. The number of para-hydroxylation sites is 1. The lowest BCUT2D eigenvalue weighted by Crippen LogP contribution is -2.45. The van der Waals surface area contributed by atoms with Gasteiger partial charge in [-0.2, -0.15) is 0 Å². The maximum absolute atomic E-state index is 13.1. The maximum atomic E-state index is 13.1. The molecule has 1 N–H and O–H groups in total. The molecule has 0 unspecified atom stereocenters. The lowest BCUT2D eigenvalue weighted by molar-refractivity contribution is -0.119. The summed E-state index contributed by atoms with van der Waals surface area (Å²) in [4.78, 5) is 33.7. The predicted octanol–water partition coefficient (Wildman–Crippen LogP) is 3.60. The second-order valence-corrected chi connectivity index (χ2v) is 8.74. The summed E-state index contributed by atoms with van der Waals surface area (Å²) in [7, 11) is 0. The summed E-state index contributed by atoms with van der Waals surface area (Å²) in [6.45, 7) is 7.38. The molecule has 1 aromatic heterocycles. The molecule has 7 heteroatoms. The summed E-state index contributed by atoms with van der Waals surface area (Å²) in [5, 5.41) is 5.20. The maximum Gasteiger partial charge on any atom is 0.233 e. The third kappa shape index (κ3) is 3.76. The van der Waals surface area contributed by atoms with Gasteiger partial charge in [0, 0.05) is 30.4 Å². The van der Waals surface area contributed by atoms with Gasteiger partial charge < -0.3 is 15.1 Å². The van der Waals surface area contributed by atoms with Gasteiger partial charge in [-0.05, 0) is 31.4 Å². The van der Waals surface area contributed by atoms with E-state index in [1.165, 1.54) is 35.4 Å². The van der Waals surface area contributed by atoms with Crippen LogP contribution in [0.25, 0.3) is 0 Å². The first-order valence-corrected chi connectivity index (χ1v) is 10.7. The average molecular weight is 399 g/mol. The first-order chi connectivity index (χ1) is 13.4. The molecule has 1 aliphatic carbocycles. The fourth-order valence-electron chi connectivity index (χ4n) is 3.63. The summed E-state index contributed by atoms with van der Waals surface area (Å²) < 4.78 is 0. The lowest BCUT2D eigenvalue weighted by Gasteiger charge is -2.39. The number of hydrogen-bond acceptors (Lipinski definition) is 5. The minimum Gasteiger partial charge on any atom is -0.365 e. The van der Waals surface area contributed by atoms with E-state index in [-0.39, 0.29) is 24.2 Å². The van der Waals surface area contributed by atoms with Crippen LogP contribution in [0.15, 0.2) is 23.6 Å². The zero-order valence-electron chi connectivity index (χ0n) is 16.6. The van der Waals surface area contributed by atoms with Crippen molar-refractivity contribution in [2.75, 3.05) is 28.2 Å². The topological polar surface area (TPSA) is 65.5 Å². The van der Waals surface area contributed by atoms with Gasteiger partial charge in [-0.1, -0.05) is 26.0 Å². The SMILES string of the molecule is Cc1cccc2c1N(C1CC1)CCN2C(=O)Cc1csc(NC(=O)C(C)C)n1. The highest BCUT2D eigenvalue weighted by Gasteiger charge is 2.36. The molecule has 4 rings (SSSR count). The molecule has 0 saturated heterocycles. The number of anilines is 3. The Balaban J connectivity index is 1.50. The summed E-state index contributed by atoms with van der Waals surface area (Å²) in [6.07, 6.45) is 2.72. The van der Waals surface area contributed by atoms with Crippen molar-refractivity contribution < 1.29 is 9.59 Å². The Morgan fingerprint density at radius 3 is 2.79 bits per heavy atom. The Hall–Kier alpha value is -2.41. The number of hydrogen-bond donors (Lipinski definition) is 1. The minimum atomic E-state index is -0.100. The Morgan fingerprint density at radius 2 is 2.07 bits per heavy atom. The van der Waals surface area contributed by atoms with Gasteiger partial charge in [-0.3, -0.25) is 9.59 Å². The second kappa shape index (κ2) is 7.54. The Labute approximate surface area is 169 Å². The van der Waals surface area contributed by atoms with Gasteiger partial charge in [-0.15, -0.1) is 11.3 Å². The molecule has 1 aliphatic heterocycles. The van der Waals surface area contributed by atoms with Crippen molar-refractivity contribution >= 4 is 39.7 Å². The van der Waals surface area contributed by atoms with Crippen LogP contribution in [0, 0.1) is 12.8 Å². The van der Waals surface area contributed by atoms with Gasteiger partial charge >= 0.3 is 0 Å². The highest BCUT2D eigenvalue weighted by Crippen LogP contribution is 2.42. The highest BCUT2D eigenvalue weighted by atomic mass is 32.1. The zero-order valence-corrected chi connectivity index (χ0v) is 17.4. The van der Waals surface area contributed by atoms with Crippen molar-refractivity contribution in [1.82, 2.24) is 4.98 Å². The van der Waals surface area contributed by atoms with Gasteiger partial charge in [0.25, 0.3) is 0 Å². The molecule has 0 spiro atoms. The first-order valence-electron chi connectivity index (χ1n) is 9.86. The minimum absolute atomic E-state index is 0.0503. The zero-order chi connectivity index (χ0) is 19.8. The van der Waals surface area contributed by atoms with Crippen LogP contribution in [0.2, 0.25) is 0 Å². The molecule has 2 heterocycles. The Morgan fingerprint density at radius 1 is 1.29 bits per heavy atom. The molecule has 6 nitrogen and oxygen atoms in total. The molecule has 1 saturated carbocycles. The van der Waals surface area contributed by atoms with Gasteiger partial charge in [-0.25, -0.2) is 4.98 Å². The highest BCUT2D eigenvalue weighted by molar-refractivity contribution is 7.13. The van der Waals surface area contributed by atoms with E-state index >= 15 is 0 Å². The van der Waals surface area contributed by atoms with Crippen LogP contribution in [0.3, 0.4) is 0 Å². The molecule has 0 radical (unpaired) electrons. The number of aromatic nitrogens is 1. The van der Waals surface area contributed by atoms with Crippen LogP contribution in [-0.4, -0.2) is 35.9 Å². The smallest absolute Gasteiger partial charge is 0.233 e. The quantitative estimate of drug-likeness (QED) is 0.836. The largest absolute Gasteiger partial charge is 0.365 e. The molecule has 28 heavy (non-hydrogen) atoms. The summed E-state index contributed by atoms with van der Waals surface area (Å²) in [6, 6.07) is 6.81. The molecular formula is C21H26N4O2S. The number of rotatable bonds is 5. The van der Waals surface area contributed by atoms with Crippen LogP contribution >= 0.6 is 11.3 Å². The van der Waals surface area contributed by atoms with E-state index < -0.39 is 0 Å².